The first-order valence-electron chi connectivity index (χ1n) is 5.09. The molecule has 0 saturated carbocycles. The molecule has 1 aromatic carbocycles. The number of anilines is 1. The van der Waals surface area contributed by atoms with Gasteiger partial charge in [0.05, 0.1) is 12.9 Å². The molecule has 0 aliphatic carbocycles. The van der Waals surface area contributed by atoms with E-state index in [2.05, 4.69) is 5.32 Å². The van der Waals surface area contributed by atoms with Crippen LogP contribution in [0.25, 0.3) is 0 Å². The maximum atomic E-state index is 13.1. The SMILES string of the molecule is COc1cc(NC(C)CS(C)(=O)=O)ccc1F. The predicted molar refractivity (Wildman–Crippen MR) is 65.7 cm³/mol. The molecular formula is C11H16FNO3S. The van der Waals surface area contributed by atoms with Crippen LogP contribution in [0.15, 0.2) is 18.2 Å². The van der Waals surface area contributed by atoms with Gasteiger partial charge in [-0.1, -0.05) is 0 Å². The lowest BCUT2D eigenvalue weighted by Crippen LogP contribution is -2.24. The van der Waals surface area contributed by atoms with Crippen molar-refractivity contribution in [2.24, 2.45) is 0 Å². The van der Waals surface area contributed by atoms with Crippen LogP contribution >= 0.6 is 0 Å². The van der Waals surface area contributed by atoms with E-state index in [1.165, 1.54) is 31.6 Å². The highest BCUT2D eigenvalue weighted by atomic mass is 32.2. The van der Waals surface area contributed by atoms with Gasteiger partial charge in [-0.3, -0.25) is 0 Å². The van der Waals surface area contributed by atoms with Gasteiger partial charge < -0.3 is 10.1 Å². The third kappa shape index (κ3) is 4.60. The molecule has 0 aromatic heterocycles. The lowest BCUT2D eigenvalue weighted by molar-refractivity contribution is 0.387. The van der Waals surface area contributed by atoms with Crippen LogP contribution in [0.4, 0.5) is 10.1 Å². The number of hydrogen-bond acceptors (Lipinski definition) is 4. The van der Waals surface area contributed by atoms with Crippen molar-refractivity contribution in [2.45, 2.75) is 13.0 Å². The highest BCUT2D eigenvalue weighted by Gasteiger charge is 2.11. The summed E-state index contributed by atoms with van der Waals surface area (Å²) >= 11 is 0. The van der Waals surface area contributed by atoms with Crippen molar-refractivity contribution in [1.29, 1.82) is 0 Å². The maximum absolute atomic E-state index is 13.1. The Morgan fingerprint density at radius 2 is 2.12 bits per heavy atom. The minimum atomic E-state index is -3.04. The van der Waals surface area contributed by atoms with Crippen LogP contribution in [0.1, 0.15) is 6.92 Å². The van der Waals surface area contributed by atoms with Gasteiger partial charge in [-0.05, 0) is 19.1 Å². The molecule has 0 aliphatic heterocycles. The summed E-state index contributed by atoms with van der Waals surface area (Å²) in [7, 11) is -1.66. The van der Waals surface area contributed by atoms with Crippen LogP contribution in [-0.4, -0.2) is 33.6 Å². The van der Waals surface area contributed by atoms with Gasteiger partial charge in [0, 0.05) is 24.1 Å². The second kappa shape index (κ2) is 5.35. The average Bonchev–Trinajstić information content (AvgIpc) is 2.18. The Bertz CT molecular complexity index is 487. The van der Waals surface area contributed by atoms with E-state index in [0.717, 1.165) is 0 Å². The number of nitrogens with one attached hydrogen (secondary N) is 1. The van der Waals surface area contributed by atoms with Crippen molar-refractivity contribution >= 4 is 15.5 Å². The first kappa shape index (κ1) is 13.8. The zero-order valence-corrected chi connectivity index (χ0v) is 10.8. The Morgan fingerprint density at radius 1 is 1.47 bits per heavy atom. The number of hydrogen-bond donors (Lipinski definition) is 1. The Hall–Kier alpha value is -1.30. The van der Waals surface area contributed by atoms with Gasteiger partial charge in [-0.25, -0.2) is 12.8 Å². The lowest BCUT2D eigenvalue weighted by atomic mass is 10.2. The van der Waals surface area contributed by atoms with Crippen LogP contribution < -0.4 is 10.1 Å². The molecule has 17 heavy (non-hydrogen) atoms. The van der Waals surface area contributed by atoms with Gasteiger partial charge in [-0.15, -0.1) is 0 Å². The number of methoxy groups -OCH3 is 1. The molecule has 1 rings (SSSR count). The number of rotatable bonds is 5. The van der Waals surface area contributed by atoms with E-state index < -0.39 is 15.7 Å². The highest BCUT2D eigenvalue weighted by molar-refractivity contribution is 7.90. The summed E-state index contributed by atoms with van der Waals surface area (Å²) < 4.78 is 40.1. The molecule has 0 bridgehead atoms. The summed E-state index contributed by atoms with van der Waals surface area (Å²) in [6.45, 7) is 1.75. The van der Waals surface area contributed by atoms with Crippen LogP contribution in [0, 0.1) is 5.82 Å². The first-order valence-corrected chi connectivity index (χ1v) is 7.15. The molecule has 0 fully saturated rings. The number of halogens is 1. The van der Waals surface area contributed by atoms with Gasteiger partial charge in [-0.2, -0.15) is 0 Å². The standard InChI is InChI=1S/C11H16FNO3S/c1-8(7-17(3,14)15)13-9-4-5-10(12)11(6-9)16-2/h4-6,8,13H,7H2,1-3H3. The third-order valence-electron chi connectivity index (χ3n) is 2.12. The Morgan fingerprint density at radius 3 is 2.65 bits per heavy atom. The molecule has 1 atom stereocenters. The summed E-state index contributed by atoms with van der Waals surface area (Å²) in [5.74, 6) is -0.303. The molecular weight excluding hydrogens is 245 g/mol. The Kier molecular flexibility index (Phi) is 4.34. The zero-order chi connectivity index (χ0) is 13.1. The molecule has 0 heterocycles. The van der Waals surface area contributed by atoms with Crippen LogP contribution in [0.2, 0.25) is 0 Å². The zero-order valence-electron chi connectivity index (χ0n) is 10.0. The predicted octanol–water partition coefficient (Wildman–Crippen LogP) is 1.68. The van der Waals surface area contributed by atoms with E-state index in [9.17, 15) is 12.8 Å². The van der Waals surface area contributed by atoms with Crippen molar-refractivity contribution in [3.63, 3.8) is 0 Å². The molecule has 0 radical (unpaired) electrons. The summed E-state index contributed by atoms with van der Waals surface area (Å²) in [5, 5.41) is 2.97. The van der Waals surface area contributed by atoms with Gasteiger partial charge >= 0.3 is 0 Å². The van der Waals surface area contributed by atoms with Gasteiger partial charge in [0.15, 0.2) is 11.6 Å². The number of ether oxygens (including phenoxy) is 1. The van der Waals surface area contributed by atoms with E-state index in [0.29, 0.717) is 5.69 Å². The lowest BCUT2D eigenvalue weighted by Gasteiger charge is -2.15. The van der Waals surface area contributed by atoms with Crippen molar-refractivity contribution in [3.05, 3.63) is 24.0 Å². The van der Waals surface area contributed by atoms with Gasteiger partial charge in [0.25, 0.3) is 0 Å². The van der Waals surface area contributed by atoms with Crippen molar-refractivity contribution < 1.29 is 17.5 Å². The average molecular weight is 261 g/mol. The summed E-state index contributed by atoms with van der Waals surface area (Å²) in [6.07, 6.45) is 1.18. The monoisotopic (exact) mass is 261 g/mol. The Labute approximate surface area is 101 Å². The molecule has 0 amide bonds. The summed E-state index contributed by atoms with van der Waals surface area (Å²) in [4.78, 5) is 0. The van der Waals surface area contributed by atoms with Crippen LogP contribution in [0.5, 0.6) is 5.75 Å². The Balaban J connectivity index is 2.75. The number of benzene rings is 1. The molecule has 1 aromatic rings. The van der Waals surface area contributed by atoms with Gasteiger partial charge in [0.2, 0.25) is 0 Å². The maximum Gasteiger partial charge on any atom is 0.165 e. The largest absolute Gasteiger partial charge is 0.494 e. The molecule has 1 unspecified atom stereocenters. The molecule has 4 nitrogen and oxygen atoms in total. The van der Waals surface area contributed by atoms with Crippen molar-refractivity contribution in [1.82, 2.24) is 0 Å². The van der Waals surface area contributed by atoms with E-state index in [1.807, 2.05) is 0 Å². The summed E-state index contributed by atoms with van der Waals surface area (Å²) in [5.41, 5.74) is 0.624. The van der Waals surface area contributed by atoms with Crippen molar-refractivity contribution in [3.8, 4) is 5.75 Å². The topological polar surface area (TPSA) is 55.4 Å². The van der Waals surface area contributed by atoms with Crippen molar-refractivity contribution in [2.75, 3.05) is 24.4 Å². The fraction of sp³-hybridized carbons (Fsp3) is 0.455. The minimum absolute atomic E-state index is 0.0205. The van der Waals surface area contributed by atoms with Gasteiger partial charge in [0.1, 0.15) is 9.84 Å². The normalized spacial score (nSPS) is 13.2. The second-order valence-electron chi connectivity index (χ2n) is 3.99. The molecule has 1 N–H and O–H groups in total. The fourth-order valence-electron chi connectivity index (χ4n) is 1.53. The molecule has 96 valence electrons. The molecule has 6 heteroatoms. The quantitative estimate of drug-likeness (QED) is 0.876. The smallest absolute Gasteiger partial charge is 0.165 e. The second-order valence-corrected chi connectivity index (χ2v) is 6.17. The molecule has 0 saturated heterocycles. The minimum Gasteiger partial charge on any atom is -0.494 e. The molecule has 0 aliphatic rings. The first-order chi connectivity index (χ1) is 7.81. The molecule has 0 spiro atoms. The van der Waals surface area contributed by atoms with E-state index in [4.69, 9.17) is 4.74 Å². The fourth-order valence-corrected chi connectivity index (χ4v) is 2.52. The van der Waals surface area contributed by atoms with E-state index in [-0.39, 0.29) is 17.5 Å². The van der Waals surface area contributed by atoms with Crippen LogP contribution in [0.3, 0.4) is 0 Å². The highest BCUT2D eigenvalue weighted by Crippen LogP contribution is 2.21. The summed E-state index contributed by atoms with van der Waals surface area (Å²) in [6, 6.07) is 4.05. The number of sulfone groups is 1. The van der Waals surface area contributed by atoms with E-state index >= 15 is 0 Å². The van der Waals surface area contributed by atoms with Crippen LogP contribution in [-0.2, 0) is 9.84 Å². The third-order valence-corrected chi connectivity index (χ3v) is 3.22. The van der Waals surface area contributed by atoms with E-state index in [1.54, 1.807) is 6.92 Å².